The van der Waals surface area contributed by atoms with Gasteiger partial charge in [-0.1, -0.05) is 6.92 Å². The number of aryl methyl sites for hydroxylation is 1. The number of nitrogens with one attached hydrogen (secondary N) is 2. The zero-order valence-corrected chi connectivity index (χ0v) is 17.3. The zero-order valence-electron chi connectivity index (χ0n) is 16.5. The Hall–Kier alpha value is -1.93. The molecule has 2 saturated heterocycles. The molecule has 2 N–H and O–H groups in total. The molecule has 1 spiro atoms. The molecule has 8 heteroatoms. The van der Waals surface area contributed by atoms with Crippen LogP contribution < -0.4 is 10.7 Å². The van der Waals surface area contributed by atoms with Crippen molar-refractivity contribution in [3.63, 3.8) is 0 Å². The summed E-state index contributed by atoms with van der Waals surface area (Å²) in [6.07, 6.45) is 5.15. The van der Waals surface area contributed by atoms with Crippen LogP contribution in [0.2, 0.25) is 0 Å². The predicted octanol–water partition coefficient (Wildman–Crippen LogP) is 2.73. The minimum atomic E-state index is -0.832. The van der Waals surface area contributed by atoms with E-state index in [1.807, 2.05) is 0 Å². The molecular formula is C20H28N4O3S. The Kier molecular flexibility index (Phi) is 5.18. The molecular weight excluding hydrogens is 376 g/mol. The fraction of sp³-hybridized carbons (Fsp3) is 0.650. The summed E-state index contributed by atoms with van der Waals surface area (Å²) in [6.45, 7) is 5.27. The summed E-state index contributed by atoms with van der Waals surface area (Å²) < 4.78 is 0. The van der Waals surface area contributed by atoms with Crippen LogP contribution >= 0.6 is 11.3 Å². The van der Waals surface area contributed by atoms with E-state index in [-0.39, 0.29) is 24.4 Å². The number of rotatable bonds is 4. The molecule has 7 nitrogen and oxygen atoms in total. The number of urea groups is 1. The lowest BCUT2D eigenvalue weighted by Crippen LogP contribution is -2.52. The first-order chi connectivity index (χ1) is 13.4. The van der Waals surface area contributed by atoms with Gasteiger partial charge in [0, 0.05) is 15.8 Å². The van der Waals surface area contributed by atoms with Crippen LogP contribution in [0.15, 0.2) is 12.1 Å². The van der Waals surface area contributed by atoms with Crippen LogP contribution in [0.5, 0.6) is 0 Å². The standard InChI is InChI=1S/C20H28N4O3S/c1-13-7-9-20(10-8-13)18(26)24(19(27)21-20)22-17(25)12-23-11-3-4-15(23)16-6-5-14(2)28-16/h5-6,13,15H,3-4,7-12H2,1-2H3,(H,21,27)(H,22,25). The van der Waals surface area contributed by atoms with Gasteiger partial charge >= 0.3 is 6.03 Å². The van der Waals surface area contributed by atoms with E-state index in [1.165, 1.54) is 9.75 Å². The second-order valence-corrected chi connectivity index (χ2v) is 9.77. The number of hydrazine groups is 1. The molecule has 1 unspecified atom stereocenters. The largest absolute Gasteiger partial charge is 0.344 e. The van der Waals surface area contributed by atoms with Crippen molar-refractivity contribution in [1.82, 2.24) is 20.7 Å². The summed E-state index contributed by atoms with van der Waals surface area (Å²) in [5.41, 5.74) is 1.73. The lowest BCUT2D eigenvalue weighted by molar-refractivity contribution is -0.140. The number of thiophene rings is 1. The topological polar surface area (TPSA) is 81.8 Å². The summed E-state index contributed by atoms with van der Waals surface area (Å²) in [6, 6.07) is 3.96. The Bertz CT molecular complexity index is 784. The van der Waals surface area contributed by atoms with Crippen LogP contribution in [-0.4, -0.2) is 46.4 Å². The molecule has 3 aliphatic rings. The van der Waals surface area contributed by atoms with Crippen molar-refractivity contribution in [2.75, 3.05) is 13.1 Å². The van der Waals surface area contributed by atoms with Gasteiger partial charge in [-0.2, -0.15) is 5.01 Å². The summed E-state index contributed by atoms with van der Waals surface area (Å²) in [5, 5.41) is 3.74. The Balaban J connectivity index is 1.38. The Morgan fingerprint density at radius 2 is 2.04 bits per heavy atom. The van der Waals surface area contributed by atoms with Crippen molar-refractivity contribution in [2.24, 2.45) is 5.92 Å². The van der Waals surface area contributed by atoms with E-state index >= 15 is 0 Å². The van der Waals surface area contributed by atoms with Crippen LogP contribution in [0.1, 0.15) is 61.2 Å². The monoisotopic (exact) mass is 404 g/mol. The molecule has 152 valence electrons. The van der Waals surface area contributed by atoms with Crippen molar-refractivity contribution < 1.29 is 14.4 Å². The maximum Gasteiger partial charge on any atom is 0.344 e. The highest BCUT2D eigenvalue weighted by Gasteiger charge is 2.53. The summed E-state index contributed by atoms with van der Waals surface area (Å²) in [5.74, 6) is -0.0681. The molecule has 4 rings (SSSR count). The minimum absolute atomic E-state index is 0.183. The van der Waals surface area contributed by atoms with Gasteiger partial charge in [0.05, 0.1) is 6.54 Å². The molecule has 3 fully saturated rings. The van der Waals surface area contributed by atoms with Crippen molar-refractivity contribution in [1.29, 1.82) is 0 Å². The number of carbonyl (C=O) groups excluding carboxylic acids is 3. The van der Waals surface area contributed by atoms with Gasteiger partial charge in [0.15, 0.2) is 0 Å². The third kappa shape index (κ3) is 3.55. The van der Waals surface area contributed by atoms with Gasteiger partial charge in [-0.05, 0) is 70.0 Å². The molecule has 0 radical (unpaired) electrons. The minimum Gasteiger partial charge on any atom is -0.322 e. The first kappa shape index (κ1) is 19.4. The van der Waals surface area contributed by atoms with Gasteiger partial charge in [-0.25, -0.2) is 4.79 Å². The molecule has 4 amide bonds. The van der Waals surface area contributed by atoms with Crippen molar-refractivity contribution in [2.45, 2.75) is 64.0 Å². The third-order valence-corrected chi connectivity index (χ3v) is 7.43. The fourth-order valence-electron chi connectivity index (χ4n) is 4.63. The van der Waals surface area contributed by atoms with Gasteiger partial charge in [0.2, 0.25) is 0 Å². The Labute approximate surface area is 169 Å². The molecule has 0 bridgehead atoms. The van der Waals surface area contributed by atoms with E-state index < -0.39 is 11.6 Å². The van der Waals surface area contributed by atoms with Gasteiger partial charge in [-0.15, -0.1) is 11.3 Å². The van der Waals surface area contributed by atoms with Crippen LogP contribution in [0.4, 0.5) is 4.79 Å². The number of carbonyl (C=O) groups is 3. The molecule has 0 aromatic carbocycles. The van der Waals surface area contributed by atoms with Gasteiger partial charge in [0.1, 0.15) is 5.54 Å². The number of hydrogen-bond acceptors (Lipinski definition) is 5. The van der Waals surface area contributed by atoms with Crippen LogP contribution in [0, 0.1) is 12.8 Å². The number of amides is 4. The van der Waals surface area contributed by atoms with Gasteiger partial charge in [0.25, 0.3) is 11.8 Å². The molecule has 2 aliphatic heterocycles. The van der Waals surface area contributed by atoms with Crippen LogP contribution in [0.3, 0.4) is 0 Å². The van der Waals surface area contributed by atoms with E-state index in [0.717, 1.165) is 37.2 Å². The summed E-state index contributed by atoms with van der Waals surface area (Å²) >= 11 is 1.76. The smallest absolute Gasteiger partial charge is 0.322 e. The van der Waals surface area contributed by atoms with E-state index in [1.54, 1.807) is 11.3 Å². The molecule has 28 heavy (non-hydrogen) atoms. The normalized spacial score (nSPS) is 30.9. The number of imide groups is 1. The van der Waals surface area contributed by atoms with Crippen LogP contribution in [0.25, 0.3) is 0 Å². The summed E-state index contributed by atoms with van der Waals surface area (Å²) in [7, 11) is 0. The van der Waals surface area contributed by atoms with Crippen LogP contribution in [-0.2, 0) is 9.59 Å². The molecule has 1 aromatic rings. The first-order valence-electron chi connectivity index (χ1n) is 10.1. The van der Waals surface area contributed by atoms with Crippen molar-refractivity contribution >= 4 is 29.2 Å². The van der Waals surface area contributed by atoms with E-state index in [4.69, 9.17) is 0 Å². The average molecular weight is 405 g/mol. The second-order valence-electron chi connectivity index (χ2n) is 8.45. The highest BCUT2D eigenvalue weighted by Crippen LogP contribution is 2.37. The molecule has 3 heterocycles. The molecule has 1 atom stereocenters. The van der Waals surface area contributed by atoms with Crippen molar-refractivity contribution in [3.8, 4) is 0 Å². The summed E-state index contributed by atoms with van der Waals surface area (Å²) in [4.78, 5) is 42.5. The second kappa shape index (κ2) is 7.48. The quantitative estimate of drug-likeness (QED) is 0.756. The molecule has 1 aliphatic carbocycles. The van der Waals surface area contributed by atoms with E-state index in [2.05, 4.69) is 41.6 Å². The number of likely N-dealkylation sites (tertiary alicyclic amines) is 1. The lowest BCUT2D eigenvalue weighted by Gasteiger charge is -2.33. The van der Waals surface area contributed by atoms with E-state index in [0.29, 0.717) is 18.8 Å². The third-order valence-electron chi connectivity index (χ3n) is 6.33. The lowest BCUT2D eigenvalue weighted by atomic mass is 9.77. The van der Waals surface area contributed by atoms with Gasteiger partial charge < -0.3 is 5.32 Å². The molecule has 1 aromatic heterocycles. The maximum atomic E-state index is 12.9. The highest BCUT2D eigenvalue weighted by atomic mass is 32.1. The van der Waals surface area contributed by atoms with E-state index in [9.17, 15) is 14.4 Å². The fourth-order valence-corrected chi connectivity index (χ4v) is 5.68. The average Bonchev–Trinajstić information content (AvgIpc) is 3.34. The predicted molar refractivity (Wildman–Crippen MR) is 106 cm³/mol. The Morgan fingerprint density at radius 1 is 1.29 bits per heavy atom. The SMILES string of the molecule is Cc1ccc(C2CCCN2CC(=O)NN2C(=O)NC3(CCC(C)CC3)C2=O)s1. The first-order valence-corrected chi connectivity index (χ1v) is 11.0. The number of nitrogens with zero attached hydrogens (tertiary/aromatic N) is 2. The highest BCUT2D eigenvalue weighted by molar-refractivity contribution is 7.12. The van der Waals surface area contributed by atoms with Gasteiger partial charge in [-0.3, -0.25) is 19.9 Å². The van der Waals surface area contributed by atoms with Crippen molar-refractivity contribution in [3.05, 3.63) is 21.9 Å². The molecule has 1 saturated carbocycles. The number of hydrogen-bond donors (Lipinski definition) is 2. The zero-order chi connectivity index (χ0) is 19.9. The Morgan fingerprint density at radius 3 is 2.71 bits per heavy atom. The maximum absolute atomic E-state index is 12.9.